The summed E-state index contributed by atoms with van der Waals surface area (Å²) in [5.74, 6) is 2.31. The molecule has 0 radical (unpaired) electrons. The highest BCUT2D eigenvalue weighted by Crippen LogP contribution is 2.34. The predicted molar refractivity (Wildman–Crippen MR) is 138 cm³/mol. The van der Waals surface area contributed by atoms with Gasteiger partial charge in [-0.25, -0.2) is 23.8 Å². The van der Waals surface area contributed by atoms with E-state index < -0.39 is 0 Å². The lowest BCUT2D eigenvalue weighted by Crippen LogP contribution is -2.40. The first kappa shape index (κ1) is 22.3. The van der Waals surface area contributed by atoms with E-state index in [1.165, 1.54) is 0 Å². The van der Waals surface area contributed by atoms with E-state index in [-0.39, 0.29) is 17.7 Å². The molecule has 0 amide bonds. The standard InChI is InChI=1S/C24H24N8O3S/c1-34-17-4-3-14(13-18(17)35-2)19-21-26-8-11-31(21)24(33)32(29-19)15-5-9-30(10-6-15)20-16-7-12-36-22(16)28-23(25)27-20/h3-4,7-8,11-13,15H,5-6,9-10H2,1-2H3,(H2,25,27,28). The van der Waals surface area contributed by atoms with E-state index in [4.69, 9.17) is 20.3 Å². The maximum absolute atomic E-state index is 13.4. The first-order chi connectivity index (χ1) is 17.6. The molecule has 1 aliphatic rings. The summed E-state index contributed by atoms with van der Waals surface area (Å²) in [6, 6.07) is 7.51. The fraction of sp³-hybridized carbons (Fsp3) is 0.292. The zero-order chi connectivity index (χ0) is 24.8. The maximum Gasteiger partial charge on any atom is 0.350 e. The molecule has 5 aromatic rings. The Labute approximate surface area is 209 Å². The van der Waals surface area contributed by atoms with Crippen LogP contribution >= 0.6 is 11.3 Å². The maximum atomic E-state index is 13.4. The second kappa shape index (κ2) is 8.79. The third-order valence-corrected chi connectivity index (χ3v) is 7.36. The van der Waals surface area contributed by atoms with Crippen LogP contribution in [0.4, 0.5) is 11.8 Å². The van der Waals surface area contributed by atoms with Gasteiger partial charge in [0.05, 0.1) is 25.6 Å². The Morgan fingerprint density at radius 3 is 2.67 bits per heavy atom. The Morgan fingerprint density at radius 1 is 1.08 bits per heavy atom. The van der Waals surface area contributed by atoms with Gasteiger partial charge in [0.15, 0.2) is 17.1 Å². The van der Waals surface area contributed by atoms with E-state index >= 15 is 0 Å². The number of rotatable bonds is 5. The number of anilines is 2. The molecule has 12 heteroatoms. The molecule has 6 rings (SSSR count). The van der Waals surface area contributed by atoms with Crippen molar-refractivity contribution in [2.24, 2.45) is 0 Å². The van der Waals surface area contributed by atoms with E-state index in [1.54, 1.807) is 47.0 Å². The van der Waals surface area contributed by atoms with Crippen LogP contribution in [0, 0.1) is 0 Å². The molecule has 0 atom stereocenters. The lowest BCUT2D eigenvalue weighted by molar-refractivity contribution is 0.346. The molecular formula is C24H24N8O3S. The van der Waals surface area contributed by atoms with Crippen LogP contribution in [0.1, 0.15) is 18.9 Å². The largest absolute Gasteiger partial charge is 0.493 e. The van der Waals surface area contributed by atoms with Crippen molar-refractivity contribution in [2.45, 2.75) is 18.9 Å². The second-order valence-corrected chi connectivity index (χ2v) is 9.42. The van der Waals surface area contributed by atoms with Gasteiger partial charge in [0.25, 0.3) is 0 Å². The molecule has 0 bridgehead atoms. The van der Waals surface area contributed by atoms with Crippen LogP contribution in [0.15, 0.2) is 46.8 Å². The average Bonchev–Trinajstić information content (AvgIpc) is 3.58. The monoisotopic (exact) mass is 504 g/mol. The minimum Gasteiger partial charge on any atom is -0.493 e. The summed E-state index contributed by atoms with van der Waals surface area (Å²) in [4.78, 5) is 29.7. The van der Waals surface area contributed by atoms with E-state index in [1.807, 2.05) is 29.6 Å². The minimum absolute atomic E-state index is 0.0726. The first-order valence-electron chi connectivity index (χ1n) is 11.5. The molecule has 11 nitrogen and oxygen atoms in total. The van der Waals surface area contributed by atoms with Gasteiger partial charge in [-0.2, -0.15) is 10.1 Å². The Hall–Kier alpha value is -4.19. The van der Waals surface area contributed by atoms with Crippen molar-refractivity contribution in [1.29, 1.82) is 0 Å². The van der Waals surface area contributed by atoms with Gasteiger partial charge in [-0.1, -0.05) is 0 Å². The number of thiophene rings is 1. The zero-order valence-electron chi connectivity index (χ0n) is 19.8. The molecule has 36 heavy (non-hydrogen) atoms. The summed E-state index contributed by atoms with van der Waals surface area (Å²) in [6.07, 6.45) is 4.75. The number of fused-ring (bicyclic) bond motifs is 2. The number of imidazole rings is 1. The van der Waals surface area contributed by atoms with E-state index in [0.717, 1.165) is 34.4 Å². The van der Waals surface area contributed by atoms with Crippen LogP contribution < -0.4 is 25.8 Å². The van der Waals surface area contributed by atoms with Crippen molar-refractivity contribution in [3.8, 4) is 22.8 Å². The number of hydrogen-bond donors (Lipinski definition) is 1. The number of nitrogens with zero attached hydrogens (tertiary/aromatic N) is 7. The van der Waals surface area contributed by atoms with Gasteiger partial charge in [-0.3, -0.25) is 0 Å². The first-order valence-corrected chi connectivity index (χ1v) is 12.4. The van der Waals surface area contributed by atoms with Crippen molar-refractivity contribution in [3.05, 3.63) is 52.5 Å². The van der Waals surface area contributed by atoms with Crippen LogP contribution in [0.5, 0.6) is 11.5 Å². The van der Waals surface area contributed by atoms with Gasteiger partial charge in [-0.05, 0) is 42.5 Å². The van der Waals surface area contributed by atoms with Crippen LogP contribution in [0.25, 0.3) is 27.1 Å². The molecule has 2 N–H and O–H groups in total. The summed E-state index contributed by atoms with van der Waals surface area (Å²) >= 11 is 1.55. The third-order valence-electron chi connectivity index (χ3n) is 6.55. The quantitative estimate of drug-likeness (QED) is 0.384. The molecule has 0 unspecified atom stereocenters. The molecule has 0 aliphatic carbocycles. The molecule has 5 heterocycles. The summed E-state index contributed by atoms with van der Waals surface area (Å²) in [7, 11) is 3.18. The molecule has 1 fully saturated rings. The van der Waals surface area contributed by atoms with Gasteiger partial charge in [0.1, 0.15) is 16.3 Å². The third kappa shape index (κ3) is 3.61. The normalized spacial score (nSPS) is 14.6. The van der Waals surface area contributed by atoms with Crippen molar-refractivity contribution in [1.82, 2.24) is 29.1 Å². The fourth-order valence-corrected chi connectivity index (χ4v) is 5.53. The van der Waals surface area contributed by atoms with Crippen molar-refractivity contribution < 1.29 is 9.47 Å². The van der Waals surface area contributed by atoms with Crippen molar-refractivity contribution in [3.63, 3.8) is 0 Å². The predicted octanol–water partition coefficient (Wildman–Crippen LogP) is 3.00. The molecule has 0 saturated carbocycles. The van der Waals surface area contributed by atoms with Gasteiger partial charge in [-0.15, -0.1) is 11.3 Å². The molecule has 184 valence electrons. The molecule has 4 aromatic heterocycles. The van der Waals surface area contributed by atoms with Crippen LogP contribution in [0.3, 0.4) is 0 Å². The summed E-state index contributed by atoms with van der Waals surface area (Å²) in [5, 5.41) is 7.81. The number of methoxy groups -OCH3 is 2. The highest BCUT2D eigenvalue weighted by Gasteiger charge is 2.27. The molecule has 1 aliphatic heterocycles. The highest BCUT2D eigenvalue weighted by atomic mass is 32.1. The minimum atomic E-state index is -0.211. The van der Waals surface area contributed by atoms with Gasteiger partial charge in [0, 0.05) is 31.0 Å². The number of piperidine rings is 1. The number of benzene rings is 1. The van der Waals surface area contributed by atoms with Crippen LogP contribution in [-0.4, -0.2) is 56.4 Å². The fourth-order valence-electron chi connectivity index (χ4n) is 4.77. The Balaban J connectivity index is 1.35. The summed E-state index contributed by atoms with van der Waals surface area (Å²) < 4.78 is 14.0. The summed E-state index contributed by atoms with van der Waals surface area (Å²) in [6.45, 7) is 1.43. The lowest BCUT2D eigenvalue weighted by atomic mass is 10.0. The van der Waals surface area contributed by atoms with E-state index in [2.05, 4.69) is 19.9 Å². The van der Waals surface area contributed by atoms with Crippen molar-refractivity contribution >= 4 is 39.0 Å². The average molecular weight is 505 g/mol. The van der Waals surface area contributed by atoms with Gasteiger partial charge in [0.2, 0.25) is 5.95 Å². The number of aromatic nitrogens is 6. The Morgan fingerprint density at radius 2 is 1.89 bits per heavy atom. The zero-order valence-corrected chi connectivity index (χ0v) is 20.6. The summed E-state index contributed by atoms with van der Waals surface area (Å²) in [5.41, 5.74) is 7.63. The number of nitrogens with two attached hydrogens (primary N) is 1. The number of hydrogen-bond acceptors (Lipinski definition) is 10. The number of ether oxygens (including phenoxy) is 2. The highest BCUT2D eigenvalue weighted by molar-refractivity contribution is 7.16. The smallest absolute Gasteiger partial charge is 0.350 e. The SMILES string of the molecule is COc1ccc(-c2nn(C3CCN(c4nc(N)nc5sccc45)CC3)c(=O)n3ccnc23)cc1OC. The molecule has 1 saturated heterocycles. The van der Waals surface area contributed by atoms with Gasteiger partial charge < -0.3 is 20.1 Å². The van der Waals surface area contributed by atoms with E-state index in [0.29, 0.717) is 35.9 Å². The van der Waals surface area contributed by atoms with Crippen LogP contribution in [-0.2, 0) is 0 Å². The topological polar surface area (TPSA) is 126 Å². The molecule has 0 spiro atoms. The Kier molecular flexibility index (Phi) is 5.44. The second-order valence-electron chi connectivity index (χ2n) is 8.53. The molecule has 1 aromatic carbocycles. The molecular weight excluding hydrogens is 480 g/mol. The van der Waals surface area contributed by atoms with Gasteiger partial charge >= 0.3 is 5.69 Å². The lowest BCUT2D eigenvalue weighted by Gasteiger charge is -2.33. The van der Waals surface area contributed by atoms with Crippen LogP contribution in [0.2, 0.25) is 0 Å². The van der Waals surface area contributed by atoms with Crippen molar-refractivity contribution in [2.75, 3.05) is 37.9 Å². The number of nitrogen functional groups attached to an aromatic ring is 1. The Bertz CT molecular complexity index is 1630. The van der Waals surface area contributed by atoms with E-state index in [9.17, 15) is 4.79 Å².